The summed E-state index contributed by atoms with van der Waals surface area (Å²) in [5.41, 5.74) is 1.27. The molecule has 0 atom stereocenters. The van der Waals surface area contributed by atoms with E-state index in [-0.39, 0.29) is 5.91 Å². The van der Waals surface area contributed by atoms with E-state index >= 15 is 0 Å². The lowest BCUT2D eigenvalue weighted by Crippen LogP contribution is -2.49. The van der Waals surface area contributed by atoms with Gasteiger partial charge in [0.25, 0.3) is 5.91 Å². The van der Waals surface area contributed by atoms with E-state index in [4.69, 9.17) is 4.42 Å². The molecule has 4 rings (SSSR count). The van der Waals surface area contributed by atoms with Crippen LogP contribution in [0.2, 0.25) is 0 Å². The van der Waals surface area contributed by atoms with Crippen LogP contribution in [0.3, 0.4) is 0 Å². The molecule has 1 fully saturated rings. The van der Waals surface area contributed by atoms with Gasteiger partial charge in [0.15, 0.2) is 5.69 Å². The SMILES string of the molecule is Cc1oc(-c2ccccc2)nc1C(=O)N1CCN(c2ccccn2)CC1. The molecule has 132 valence electrons. The van der Waals surface area contributed by atoms with Gasteiger partial charge in [0.05, 0.1) is 0 Å². The molecule has 0 bridgehead atoms. The van der Waals surface area contributed by atoms with E-state index < -0.39 is 0 Å². The molecule has 0 saturated carbocycles. The number of aromatic nitrogens is 2. The zero-order chi connectivity index (χ0) is 17.9. The Hall–Kier alpha value is -3.15. The summed E-state index contributed by atoms with van der Waals surface area (Å²) < 4.78 is 5.72. The predicted octanol–water partition coefficient (Wildman–Crippen LogP) is 3.01. The van der Waals surface area contributed by atoms with Crippen molar-refractivity contribution in [2.45, 2.75) is 6.92 Å². The molecule has 26 heavy (non-hydrogen) atoms. The van der Waals surface area contributed by atoms with Crippen LogP contribution in [0.4, 0.5) is 5.82 Å². The molecular formula is C20H20N4O2. The first-order chi connectivity index (χ1) is 12.7. The highest BCUT2D eigenvalue weighted by molar-refractivity contribution is 5.94. The van der Waals surface area contributed by atoms with Gasteiger partial charge in [0.2, 0.25) is 5.89 Å². The number of aryl methyl sites for hydroxylation is 1. The summed E-state index contributed by atoms with van der Waals surface area (Å²) >= 11 is 0. The number of anilines is 1. The first-order valence-electron chi connectivity index (χ1n) is 8.70. The minimum Gasteiger partial charge on any atom is -0.441 e. The molecule has 0 aliphatic carbocycles. The van der Waals surface area contributed by atoms with Crippen LogP contribution in [-0.2, 0) is 0 Å². The summed E-state index contributed by atoms with van der Waals surface area (Å²) in [7, 11) is 0. The second-order valence-electron chi connectivity index (χ2n) is 6.26. The third kappa shape index (κ3) is 3.18. The van der Waals surface area contributed by atoms with Gasteiger partial charge in [-0.25, -0.2) is 9.97 Å². The van der Waals surface area contributed by atoms with Crippen LogP contribution in [0.15, 0.2) is 59.1 Å². The fourth-order valence-electron chi connectivity index (χ4n) is 3.13. The van der Waals surface area contributed by atoms with Gasteiger partial charge in [-0.3, -0.25) is 4.79 Å². The van der Waals surface area contributed by atoms with Gasteiger partial charge >= 0.3 is 0 Å². The van der Waals surface area contributed by atoms with Gasteiger partial charge in [0.1, 0.15) is 11.6 Å². The van der Waals surface area contributed by atoms with E-state index in [0.29, 0.717) is 30.4 Å². The molecule has 1 saturated heterocycles. The Kier molecular flexibility index (Phi) is 4.39. The highest BCUT2D eigenvalue weighted by atomic mass is 16.4. The third-order valence-electron chi connectivity index (χ3n) is 4.56. The number of oxazole rings is 1. The number of rotatable bonds is 3. The van der Waals surface area contributed by atoms with Crippen molar-refractivity contribution in [3.05, 3.63) is 66.2 Å². The molecule has 6 heteroatoms. The summed E-state index contributed by atoms with van der Waals surface area (Å²) in [6, 6.07) is 15.5. The molecule has 3 aromatic rings. The quantitative estimate of drug-likeness (QED) is 0.728. The van der Waals surface area contributed by atoms with Crippen LogP contribution in [-0.4, -0.2) is 47.0 Å². The second kappa shape index (κ2) is 7.00. The minimum absolute atomic E-state index is 0.0749. The molecular weight excluding hydrogens is 328 g/mol. The molecule has 0 spiro atoms. The Morgan fingerprint density at radius 3 is 2.42 bits per heavy atom. The summed E-state index contributed by atoms with van der Waals surface area (Å²) in [6.45, 7) is 4.58. The fraction of sp³-hybridized carbons (Fsp3) is 0.250. The number of piperazine rings is 1. The van der Waals surface area contributed by atoms with E-state index in [1.54, 1.807) is 13.1 Å². The normalized spacial score (nSPS) is 14.5. The van der Waals surface area contributed by atoms with Gasteiger partial charge in [-0.15, -0.1) is 0 Å². The average molecular weight is 348 g/mol. The molecule has 1 amide bonds. The molecule has 1 aliphatic rings. The van der Waals surface area contributed by atoms with Crippen LogP contribution in [0.1, 0.15) is 16.2 Å². The molecule has 0 radical (unpaired) electrons. The van der Waals surface area contributed by atoms with Crippen molar-refractivity contribution in [1.82, 2.24) is 14.9 Å². The Bertz CT molecular complexity index is 885. The van der Waals surface area contributed by atoms with E-state index in [1.165, 1.54) is 0 Å². The Morgan fingerprint density at radius 1 is 1.00 bits per heavy atom. The Balaban J connectivity index is 1.47. The number of hydrogen-bond donors (Lipinski definition) is 0. The molecule has 6 nitrogen and oxygen atoms in total. The van der Waals surface area contributed by atoms with Gasteiger partial charge in [-0.1, -0.05) is 24.3 Å². The largest absolute Gasteiger partial charge is 0.441 e. The molecule has 0 unspecified atom stereocenters. The van der Waals surface area contributed by atoms with Gasteiger partial charge < -0.3 is 14.2 Å². The van der Waals surface area contributed by atoms with Crippen molar-refractivity contribution in [1.29, 1.82) is 0 Å². The van der Waals surface area contributed by atoms with Crippen molar-refractivity contribution in [3.8, 4) is 11.5 Å². The van der Waals surface area contributed by atoms with Gasteiger partial charge in [0, 0.05) is 37.9 Å². The maximum atomic E-state index is 12.9. The van der Waals surface area contributed by atoms with Gasteiger partial charge in [-0.2, -0.15) is 0 Å². The lowest BCUT2D eigenvalue weighted by atomic mass is 10.2. The van der Waals surface area contributed by atoms with E-state index in [0.717, 1.165) is 24.5 Å². The van der Waals surface area contributed by atoms with Crippen molar-refractivity contribution >= 4 is 11.7 Å². The highest BCUT2D eigenvalue weighted by Gasteiger charge is 2.27. The zero-order valence-electron chi connectivity index (χ0n) is 14.6. The molecule has 1 aliphatic heterocycles. The smallest absolute Gasteiger partial charge is 0.276 e. The number of hydrogen-bond acceptors (Lipinski definition) is 5. The van der Waals surface area contributed by atoms with Crippen LogP contribution < -0.4 is 4.90 Å². The van der Waals surface area contributed by atoms with Crippen molar-refractivity contribution in [2.24, 2.45) is 0 Å². The Morgan fingerprint density at radius 2 is 1.73 bits per heavy atom. The standard InChI is InChI=1S/C20H20N4O2/c1-15-18(22-19(26-15)16-7-3-2-4-8-16)20(25)24-13-11-23(12-14-24)17-9-5-6-10-21-17/h2-10H,11-14H2,1H3. The minimum atomic E-state index is -0.0749. The number of nitrogens with zero attached hydrogens (tertiary/aromatic N) is 4. The van der Waals surface area contributed by atoms with Gasteiger partial charge in [-0.05, 0) is 31.2 Å². The molecule has 0 N–H and O–H groups in total. The topological polar surface area (TPSA) is 62.5 Å². The number of amides is 1. The first kappa shape index (κ1) is 16.3. The fourth-order valence-corrected chi connectivity index (χ4v) is 3.13. The second-order valence-corrected chi connectivity index (χ2v) is 6.26. The van der Waals surface area contributed by atoms with E-state index in [2.05, 4.69) is 14.9 Å². The highest BCUT2D eigenvalue weighted by Crippen LogP contribution is 2.23. The summed E-state index contributed by atoms with van der Waals surface area (Å²) in [4.78, 5) is 25.7. The zero-order valence-corrected chi connectivity index (χ0v) is 14.6. The van der Waals surface area contributed by atoms with Crippen molar-refractivity contribution in [2.75, 3.05) is 31.1 Å². The van der Waals surface area contributed by atoms with Crippen LogP contribution in [0, 0.1) is 6.92 Å². The van der Waals surface area contributed by atoms with Crippen LogP contribution in [0.5, 0.6) is 0 Å². The molecule has 3 heterocycles. The third-order valence-corrected chi connectivity index (χ3v) is 4.56. The molecule has 2 aromatic heterocycles. The molecule has 1 aromatic carbocycles. The predicted molar refractivity (Wildman–Crippen MR) is 99.0 cm³/mol. The first-order valence-corrected chi connectivity index (χ1v) is 8.70. The van der Waals surface area contributed by atoms with Crippen molar-refractivity contribution < 1.29 is 9.21 Å². The summed E-state index contributed by atoms with van der Waals surface area (Å²) in [5.74, 6) is 1.91. The maximum absolute atomic E-state index is 12.9. The Labute approximate surface area is 152 Å². The van der Waals surface area contributed by atoms with Crippen LogP contribution >= 0.6 is 0 Å². The van der Waals surface area contributed by atoms with E-state index in [9.17, 15) is 4.79 Å². The van der Waals surface area contributed by atoms with Crippen LogP contribution in [0.25, 0.3) is 11.5 Å². The number of benzene rings is 1. The lowest BCUT2D eigenvalue weighted by Gasteiger charge is -2.35. The lowest BCUT2D eigenvalue weighted by molar-refractivity contribution is 0.0739. The van der Waals surface area contributed by atoms with Crippen molar-refractivity contribution in [3.63, 3.8) is 0 Å². The number of carbonyl (C=O) groups excluding carboxylic acids is 1. The number of carbonyl (C=O) groups is 1. The summed E-state index contributed by atoms with van der Waals surface area (Å²) in [5, 5.41) is 0. The summed E-state index contributed by atoms with van der Waals surface area (Å²) in [6.07, 6.45) is 1.79. The monoisotopic (exact) mass is 348 g/mol. The average Bonchev–Trinajstić information content (AvgIpc) is 3.10. The van der Waals surface area contributed by atoms with E-state index in [1.807, 2.05) is 53.4 Å². The maximum Gasteiger partial charge on any atom is 0.276 e. The number of pyridine rings is 1.